The summed E-state index contributed by atoms with van der Waals surface area (Å²) in [6.45, 7) is 8.00. The Morgan fingerprint density at radius 2 is 1.86 bits per heavy atom. The second-order valence-electron chi connectivity index (χ2n) is 5.91. The fraction of sp³-hybridized carbons (Fsp3) is 0.647. The third-order valence-corrected chi connectivity index (χ3v) is 6.27. The molecule has 0 aliphatic carbocycles. The van der Waals surface area contributed by atoms with Crippen LogP contribution >= 0.6 is 0 Å². The largest absolute Gasteiger partial charge is 0.494 e. The molecule has 1 aromatic rings. The smallest absolute Gasteiger partial charge is 0.243 e. The Kier molecular flexibility index (Phi) is 5.87. The molecule has 0 radical (unpaired) electrons. The topological polar surface area (TPSA) is 46.6 Å². The maximum absolute atomic E-state index is 12.8. The molecule has 1 aliphatic heterocycles. The van der Waals surface area contributed by atoms with E-state index in [0.29, 0.717) is 24.6 Å². The minimum absolute atomic E-state index is 0.276. The highest BCUT2D eigenvalue weighted by Gasteiger charge is 2.27. The van der Waals surface area contributed by atoms with Gasteiger partial charge in [-0.15, -0.1) is 0 Å². The van der Waals surface area contributed by atoms with Gasteiger partial charge in [0.05, 0.1) is 11.5 Å². The molecule has 1 saturated heterocycles. The molecular weight excluding hydrogens is 298 g/mol. The fourth-order valence-corrected chi connectivity index (χ4v) is 4.39. The van der Waals surface area contributed by atoms with E-state index in [0.717, 1.165) is 37.0 Å². The zero-order valence-corrected chi connectivity index (χ0v) is 14.7. The van der Waals surface area contributed by atoms with Crippen molar-refractivity contribution in [3.05, 3.63) is 23.8 Å². The highest BCUT2D eigenvalue weighted by molar-refractivity contribution is 7.89. The molecule has 1 fully saturated rings. The van der Waals surface area contributed by atoms with E-state index in [1.807, 2.05) is 19.1 Å². The summed E-state index contributed by atoms with van der Waals surface area (Å²) in [5.74, 6) is 1.08. The average molecular weight is 325 g/mol. The molecule has 1 aliphatic rings. The molecule has 0 spiro atoms. The van der Waals surface area contributed by atoms with Crippen LogP contribution in [0.5, 0.6) is 5.75 Å². The van der Waals surface area contributed by atoms with E-state index in [1.54, 1.807) is 10.4 Å². The quantitative estimate of drug-likeness (QED) is 0.800. The molecule has 5 heteroatoms. The average Bonchev–Trinajstić information content (AvgIpc) is 2.55. The van der Waals surface area contributed by atoms with Gasteiger partial charge in [0, 0.05) is 13.1 Å². The molecule has 0 unspecified atom stereocenters. The van der Waals surface area contributed by atoms with Gasteiger partial charge in [0.25, 0.3) is 0 Å². The summed E-state index contributed by atoms with van der Waals surface area (Å²) in [6.07, 6.45) is 3.98. The summed E-state index contributed by atoms with van der Waals surface area (Å²) >= 11 is 0. The number of ether oxygens (including phenoxy) is 1. The van der Waals surface area contributed by atoms with Crippen LogP contribution in [0, 0.1) is 0 Å². The number of hydrogen-bond donors (Lipinski definition) is 0. The third kappa shape index (κ3) is 3.63. The first kappa shape index (κ1) is 17.3. The monoisotopic (exact) mass is 325 g/mol. The summed E-state index contributed by atoms with van der Waals surface area (Å²) < 4.78 is 32.9. The van der Waals surface area contributed by atoms with Gasteiger partial charge in [-0.2, -0.15) is 4.31 Å². The Bertz CT molecular complexity index is 592. The molecule has 124 valence electrons. The van der Waals surface area contributed by atoms with Crippen LogP contribution in [-0.2, 0) is 10.0 Å². The van der Waals surface area contributed by atoms with Crippen molar-refractivity contribution in [2.24, 2.45) is 0 Å². The lowest BCUT2D eigenvalue weighted by atomic mass is 9.98. The zero-order chi connectivity index (χ0) is 16.2. The molecule has 0 aromatic heterocycles. The molecule has 0 saturated carbocycles. The van der Waals surface area contributed by atoms with E-state index in [9.17, 15) is 8.42 Å². The molecule has 22 heavy (non-hydrogen) atoms. The Hall–Kier alpha value is -1.07. The van der Waals surface area contributed by atoms with E-state index in [1.165, 1.54) is 0 Å². The SMILES string of the molecule is CCOc1ccc(S(=O)(=O)N2CCCCC2)cc1[C@@H](C)CC. The number of rotatable bonds is 6. The van der Waals surface area contributed by atoms with Gasteiger partial charge in [0.1, 0.15) is 5.75 Å². The van der Waals surface area contributed by atoms with Gasteiger partial charge in [-0.25, -0.2) is 8.42 Å². The van der Waals surface area contributed by atoms with Crippen molar-refractivity contribution in [2.75, 3.05) is 19.7 Å². The fourth-order valence-electron chi connectivity index (χ4n) is 2.83. The van der Waals surface area contributed by atoms with Crippen molar-refractivity contribution >= 4 is 10.0 Å². The van der Waals surface area contributed by atoms with Crippen LogP contribution < -0.4 is 4.74 Å². The lowest BCUT2D eigenvalue weighted by Gasteiger charge is -2.26. The molecule has 4 nitrogen and oxygen atoms in total. The highest BCUT2D eigenvalue weighted by Crippen LogP contribution is 2.32. The molecule has 0 N–H and O–H groups in total. The lowest BCUT2D eigenvalue weighted by molar-refractivity contribution is 0.333. The van der Waals surface area contributed by atoms with E-state index in [-0.39, 0.29) is 5.92 Å². The first-order valence-corrected chi connectivity index (χ1v) is 9.71. The van der Waals surface area contributed by atoms with Crippen LogP contribution in [0.15, 0.2) is 23.1 Å². The Labute approximate surface area is 134 Å². The second-order valence-corrected chi connectivity index (χ2v) is 7.84. The first-order chi connectivity index (χ1) is 10.5. The zero-order valence-electron chi connectivity index (χ0n) is 13.8. The van der Waals surface area contributed by atoms with Gasteiger partial charge in [0.15, 0.2) is 0 Å². The third-order valence-electron chi connectivity index (χ3n) is 4.38. The minimum Gasteiger partial charge on any atom is -0.494 e. The second kappa shape index (κ2) is 7.47. The van der Waals surface area contributed by atoms with E-state index >= 15 is 0 Å². The highest BCUT2D eigenvalue weighted by atomic mass is 32.2. The number of piperidine rings is 1. The molecule has 0 amide bonds. The van der Waals surface area contributed by atoms with Crippen LogP contribution in [0.4, 0.5) is 0 Å². The standard InChI is InChI=1S/C17H27NO3S/c1-4-14(3)16-13-15(9-10-17(16)21-5-2)22(19,20)18-11-7-6-8-12-18/h9-10,13-14H,4-8,11-12H2,1-3H3/t14-/m0/s1. The van der Waals surface area contributed by atoms with Crippen molar-refractivity contribution in [1.82, 2.24) is 4.31 Å². The number of sulfonamides is 1. The van der Waals surface area contributed by atoms with Crippen LogP contribution in [0.25, 0.3) is 0 Å². The Morgan fingerprint density at radius 3 is 2.45 bits per heavy atom. The predicted molar refractivity (Wildman–Crippen MR) is 88.9 cm³/mol. The minimum atomic E-state index is -3.38. The van der Waals surface area contributed by atoms with Crippen LogP contribution in [0.1, 0.15) is 57.9 Å². The van der Waals surface area contributed by atoms with Crippen LogP contribution in [-0.4, -0.2) is 32.4 Å². The molecule has 0 bridgehead atoms. The summed E-state index contributed by atoms with van der Waals surface area (Å²) in [4.78, 5) is 0.396. The molecule has 1 atom stereocenters. The van der Waals surface area contributed by atoms with Gasteiger partial charge in [0.2, 0.25) is 10.0 Å². The summed E-state index contributed by atoms with van der Waals surface area (Å²) in [5, 5.41) is 0. The van der Waals surface area contributed by atoms with Gasteiger partial charge < -0.3 is 4.74 Å². The van der Waals surface area contributed by atoms with Gasteiger partial charge >= 0.3 is 0 Å². The molecule has 1 aromatic carbocycles. The number of benzene rings is 1. The summed E-state index contributed by atoms with van der Waals surface area (Å²) in [7, 11) is -3.38. The van der Waals surface area contributed by atoms with Crippen molar-refractivity contribution in [1.29, 1.82) is 0 Å². The van der Waals surface area contributed by atoms with E-state index in [4.69, 9.17) is 4.74 Å². The van der Waals surface area contributed by atoms with Crippen LogP contribution in [0.2, 0.25) is 0 Å². The van der Waals surface area contributed by atoms with Crippen molar-refractivity contribution in [3.8, 4) is 5.75 Å². The Morgan fingerprint density at radius 1 is 1.18 bits per heavy atom. The van der Waals surface area contributed by atoms with Gasteiger partial charge in [-0.3, -0.25) is 0 Å². The van der Waals surface area contributed by atoms with Gasteiger partial charge in [-0.1, -0.05) is 20.3 Å². The van der Waals surface area contributed by atoms with Gasteiger partial charge in [-0.05, 0) is 55.9 Å². The summed E-state index contributed by atoms with van der Waals surface area (Å²) in [5.41, 5.74) is 0.988. The maximum atomic E-state index is 12.8. The Balaban J connectivity index is 2.38. The van der Waals surface area contributed by atoms with Crippen molar-refractivity contribution in [2.45, 2.75) is 57.3 Å². The van der Waals surface area contributed by atoms with E-state index < -0.39 is 10.0 Å². The maximum Gasteiger partial charge on any atom is 0.243 e. The van der Waals surface area contributed by atoms with E-state index in [2.05, 4.69) is 13.8 Å². The molecule has 1 heterocycles. The number of hydrogen-bond acceptors (Lipinski definition) is 3. The first-order valence-electron chi connectivity index (χ1n) is 8.27. The number of nitrogens with zero attached hydrogens (tertiary/aromatic N) is 1. The van der Waals surface area contributed by atoms with Crippen molar-refractivity contribution < 1.29 is 13.2 Å². The molecular formula is C17H27NO3S. The lowest BCUT2D eigenvalue weighted by Crippen LogP contribution is -2.35. The predicted octanol–water partition coefficient (Wildman–Crippen LogP) is 3.77. The summed E-state index contributed by atoms with van der Waals surface area (Å²) in [6, 6.07) is 5.30. The van der Waals surface area contributed by atoms with Crippen LogP contribution in [0.3, 0.4) is 0 Å². The normalized spacial score (nSPS) is 18.1. The molecule has 2 rings (SSSR count). The van der Waals surface area contributed by atoms with Crippen molar-refractivity contribution in [3.63, 3.8) is 0 Å².